The Morgan fingerprint density at radius 1 is 1.56 bits per heavy atom. The number of aryl methyl sites for hydroxylation is 1. The zero-order valence-corrected chi connectivity index (χ0v) is 9.57. The van der Waals surface area contributed by atoms with E-state index in [1.165, 1.54) is 12.8 Å². The number of hydrogen-bond acceptors (Lipinski definition) is 5. The van der Waals surface area contributed by atoms with Crippen LogP contribution in [0.4, 0.5) is 11.6 Å². The van der Waals surface area contributed by atoms with Gasteiger partial charge in [-0.3, -0.25) is 0 Å². The average Bonchev–Trinajstić information content (AvgIpc) is 2.69. The van der Waals surface area contributed by atoms with E-state index in [1.807, 2.05) is 6.92 Å². The molecule has 1 saturated heterocycles. The fraction of sp³-hybridized carbons (Fsp3) is 0.636. The predicted octanol–water partition coefficient (Wildman–Crippen LogP) is 1.35. The minimum atomic E-state index is 0.410. The van der Waals surface area contributed by atoms with E-state index in [-0.39, 0.29) is 0 Å². The summed E-state index contributed by atoms with van der Waals surface area (Å²) in [5.74, 6) is 2.00. The number of nitrogen functional groups attached to an aromatic ring is 1. The Labute approximate surface area is 95.4 Å². The normalized spacial score (nSPS) is 19.9. The molecule has 88 valence electrons. The molecule has 0 radical (unpaired) electrons. The fourth-order valence-corrected chi connectivity index (χ4v) is 1.91. The highest BCUT2D eigenvalue weighted by atomic mass is 16.5. The summed E-state index contributed by atoms with van der Waals surface area (Å²) in [6.07, 6.45) is 3.78. The number of nitrogens with one attached hydrogen (secondary N) is 1. The van der Waals surface area contributed by atoms with Gasteiger partial charge in [-0.25, -0.2) is 9.97 Å². The van der Waals surface area contributed by atoms with Crippen molar-refractivity contribution >= 4 is 11.6 Å². The minimum Gasteiger partial charge on any atom is -0.384 e. The van der Waals surface area contributed by atoms with Crippen LogP contribution in [0.15, 0.2) is 6.07 Å². The van der Waals surface area contributed by atoms with Gasteiger partial charge in [-0.1, -0.05) is 0 Å². The maximum Gasteiger partial charge on any atom is 0.131 e. The number of nitrogens with zero attached hydrogens (tertiary/aromatic N) is 2. The molecule has 1 atom stereocenters. The molecule has 1 fully saturated rings. The predicted molar refractivity (Wildman–Crippen MR) is 63.3 cm³/mol. The standard InChI is InChI=1S/C11H18N4O/c1-8-14-10(12)7-11(15-8)13-5-4-9-3-2-6-16-9/h7,9H,2-6H2,1H3,(H3,12,13,14,15). The molecule has 1 aliphatic heterocycles. The summed E-state index contributed by atoms with van der Waals surface area (Å²) < 4.78 is 5.54. The highest BCUT2D eigenvalue weighted by Crippen LogP contribution is 2.15. The van der Waals surface area contributed by atoms with Crippen LogP contribution in [0.25, 0.3) is 0 Å². The third-order valence-electron chi connectivity index (χ3n) is 2.65. The number of hydrogen-bond donors (Lipinski definition) is 2. The van der Waals surface area contributed by atoms with E-state index < -0.39 is 0 Å². The number of nitrogens with two attached hydrogens (primary N) is 1. The molecule has 0 amide bonds. The highest BCUT2D eigenvalue weighted by Gasteiger charge is 2.14. The van der Waals surface area contributed by atoms with E-state index in [4.69, 9.17) is 10.5 Å². The van der Waals surface area contributed by atoms with Crippen molar-refractivity contribution in [3.05, 3.63) is 11.9 Å². The molecule has 3 N–H and O–H groups in total. The molecule has 2 heterocycles. The molecule has 1 aromatic heterocycles. The van der Waals surface area contributed by atoms with Crippen LogP contribution >= 0.6 is 0 Å². The molecule has 0 aromatic carbocycles. The Hall–Kier alpha value is -1.36. The largest absolute Gasteiger partial charge is 0.384 e. The van der Waals surface area contributed by atoms with Gasteiger partial charge < -0.3 is 15.8 Å². The molecule has 1 aromatic rings. The van der Waals surface area contributed by atoms with Crippen molar-refractivity contribution in [2.45, 2.75) is 32.3 Å². The first-order chi connectivity index (χ1) is 7.74. The van der Waals surface area contributed by atoms with Crippen LogP contribution in [0.3, 0.4) is 0 Å². The maximum absolute atomic E-state index is 5.64. The summed E-state index contributed by atoms with van der Waals surface area (Å²) in [5, 5.41) is 3.24. The van der Waals surface area contributed by atoms with E-state index >= 15 is 0 Å². The lowest BCUT2D eigenvalue weighted by molar-refractivity contribution is 0.107. The Kier molecular flexibility index (Phi) is 3.56. The Bertz CT molecular complexity index is 330. The van der Waals surface area contributed by atoms with Gasteiger partial charge in [0.1, 0.15) is 17.5 Å². The Morgan fingerprint density at radius 2 is 2.44 bits per heavy atom. The van der Waals surface area contributed by atoms with Gasteiger partial charge in [0.25, 0.3) is 0 Å². The smallest absolute Gasteiger partial charge is 0.131 e. The zero-order valence-electron chi connectivity index (χ0n) is 9.57. The van der Waals surface area contributed by atoms with Gasteiger partial charge in [0.15, 0.2) is 0 Å². The van der Waals surface area contributed by atoms with Crippen molar-refractivity contribution in [1.82, 2.24) is 9.97 Å². The Morgan fingerprint density at radius 3 is 3.12 bits per heavy atom. The van der Waals surface area contributed by atoms with Crippen molar-refractivity contribution in [3.63, 3.8) is 0 Å². The lowest BCUT2D eigenvalue weighted by atomic mass is 10.2. The number of ether oxygens (including phenoxy) is 1. The second kappa shape index (κ2) is 5.12. The second-order valence-corrected chi connectivity index (χ2v) is 4.08. The third-order valence-corrected chi connectivity index (χ3v) is 2.65. The molecule has 5 heteroatoms. The molecular formula is C11H18N4O. The highest BCUT2D eigenvalue weighted by molar-refractivity contribution is 5.44. The van der Waals surface area contributed by atoms with Gasteiger partial charge in [-0.15, -0.1) is 0 Å². The van der Waals surface area contributed by atoms with Crippen LogP contribution < -0.4 is 11.1 Å². The summed E-state index contributed by atoms with van der Waals surface area (Å²) >= 11 is 0. The van der Waals surface area contributed by atoms with E-state index in [2.05, 4.69) is 15.3 Å². The molecule has 0 spiro atoms. The van der Waals surface area contributed by atoms with Crippen molar-refractivity contribution in [3.8, 4) is 0 Å². The van der Waals surface area contributed by atoms with E-state index in [0.717, 1.165) is 25.4 Å². The fourth-order valence-electron chi connectivity index (χ4n) is 1.91. The summed E-state index contributed by atoms with van der Waals surface area (Å²) in [7, 11) is 0. The summed E-state index contributed by atoms with van der Waals surface area (Å²) in [6.45, 7) is 3.60. The SMILES string of the molecule is Cc1nc(N)cc(NCCC2CCCO2)n1. The third kappa shape index (κ3) is 3.06. The average molecular weight is 222 g/mol. The van der Waals surface area contributed by atoms with Crippen LogP contribution in [0.5, 0.6) is 0 Å². The van der Waals surface area contributed by atoms with Gasteiger partial charge >= 0.3 is 0 Å². The monoisotopic (exact) mass is 222 g/mol. The van der Waals surface area contributed by atoms with E-state index in [0.29, 0.717) is 17.7 Å². The topological polar surface area (TPSA) is 73.1 Å². The zero-order chi connectivity index (χ0) is 11.4. The van der Waals surface area contributed by atoms with Crippen LogP contribution in [0, 0.1) is 6.92 Å². The number of anilines is 2. The van der Waals surface area contributed by atoms with Gasteiger partial charge in [0, 0.05) is 19.2 Å². The van der Waals surface area contributed by atoms with Crippen LogP contribution in [0.2, 0.25) is 0 Å². The van der Waals surface area contributed by atoms with E-state index in [9.17, 15) is 0 Å². The van der Waals surface area contributed by atoms with Crippen LogP contribution in [-0.2, 0) is 4.74 Å². The first kappa shape index (κ1) is 11.1. The first-order valence-corrected chi connectivity index (χ1v) is 5.70. The van der Waals surface area contributed by atoms with Crippen molar-refractivity contribution in [2.75, 3.05) is 24.2 Å². The minimum absolute atomic E-state index is 0.410. The summed E-state index contributed by atoms with van der Waals surface area (Å²) in [6, 6.07) is 1.75. The van der Waals surface area contributed by atoms with Gasteiger partial charge in [0.05, 0.1) is 6.10 Å². The molecule has 2 rings (SSSR count). The molecular weight excluding hydrogens is 204 g/mol. The second-order valence-electron chi connectivity index (χ2n) is 4.08. The molecule has 1 unspecified atom stereocenters. The summed E-state index contributed by atoms with van der Waals surface area (Å²) in [5.41, 5.74) is 5.64. The molecule has 0 saturated carbocycles. The van der Waals surface area contributed by atoms with Crippen molar-refractivity contribution in [1.29, 1.82) is 0 Å². The van der Waals surface area contributed by atoms with Crippen LogP contribution in [-0.4, -0.2) is 29.2 Å². The number of rotatable bonds is 4. The van der Waals surface area contributed by atoms with Crippen molar-refractivity contribution < 1.29 is 4.74 Å². The summed E-state index contributed by atoms with van der Waals surface area (Å²) in [4.78, 5) is 8.28. The molecule has 0 bridgehead atoms. The molecule has 5 nitrogen and oxygen atoms in total. The first-order valence-electron chi connectivity index (χ1n) is 5.70. The lowest BCUT2D eigenvalue weighted by Crippen LogP contribution is -2.13. The number of aromatic nitrogens is 2. The molecule has 16 heavy (non-hydrogen) atoms. The lowest BCUT2D eigenvalue weighted by Gasteiger charge is -2.10. The van der Waals surface area contributed by atoms with Gasteiger partial charge in [-0.05, 0) is 26.2 Å². The maximum atomic E-state index is 5.64. The van der Waals surface area contributed by atoms with Gasteiger partial charge in [-0.2, -0.15) is 0 Å². The van der Waals surface area contributed by atoms with Crippen LogP contribution in [0.1, 0.15) is 25.1 Å². The van der Waals surface area contributed by atoms with Gasteiger partial charge in [0.2, 0.25) is 0 Å². The molecule has 1 aliphatic rings. The Balaban J connectivity index is 1.80. The molecule has 0 aliphatic carbocycles. The quantitative estimate of drug-likeness (QED) is 0.804. The van der Waals surface area contributed by atoms with E-state index in [1.54, 1.807) is 6.07 Å². The van der Waals surface area contributed by atoms with Crippen molar-refractivity contribution in [2.24, 2.45) is 0 Å².